The van der Waals surface area contributed by atoms with Crippen LogP contribution in [0.3, 0.4) is 0 Å². The molecule has 2 aromatic heterocycles. The highest BCUT2D eigenvalue weighted by Gasteiger charge is 2.12. The predicted octanol–water partition coefficient (Wildman–Crippen LogP) is 1.33. The van der Waals surface area contributed by atoms with Gasteiger partial charge >= 0.3 is 0 Å². The van der Waals surface area contributed by atoms with Crippen molar-refractivity contribution in [3.8, 4) is 0 Å². The Hall–Kier alpha value is -1.49. The molecule has 2 rings (SSSR count). The van der Waals surface area contributed by atoms with Crippen LogP contribution in [0.25, 0.3) is 5.78 Å². The smallest absolute Gasteiger partial charge is 0.237 e. The maximum absolute atomic E-state index is 13.1. The molecule has 0 unspecified atom stereocenters. The number of nitrogens with zero attached hydrogens (tertiary/aromatic N) is 3. The van der Waals surface area contributed by atoms with Gasteiger partial charge in [0.2, 0.25) is 11.7 Å². The fourth-order valence-corrected chi connectivity index (χ4v) is 1.24. The Morgan fingerprint density at radius 2 is 2.38 bits per heavy atom. The Kier molecular flexibility index (Phi) is 1.73. The second-order valence-corrected chi connectivity index (χ2v) is 2.67. The first-order chi connectivity index (χ1) is 6.24. The van der Waals surface area contributed by atoms with Crippen molar-refractivity contribution in [2.75, 3.05) is 0 Å². The Labute approximate surface area is 77.0 Å². The Morgan fingerprint density at radius 3 is 3.00 bits per heavy atom. The van der Waals surface area contributed by atoms with Gasteiger partial charge in [0.05, 0.1) is 0 Å². The lowest BCUT2D eigenvalue weighted by Gasteiger charge is -1.93. The van der Waals surface area contributed by atoms with Crippen LogP contribution in [0.4, 0.5) is 4.39 Å². The number of fused-ring (bicyclic) bond motifs is 1. The van der Waals surface area contributed by atoms with Gasteiger partial charge in [-0.15, -0.1) is 0 Å². The topological polar surface area (TPSA) is 47.3 Å². The molecule has 0 amide bonds. The highest BCUT2D eigenvalue weighted by atomic mass is 35.5. The number of hydrogen-bond donors (Lipinski definition) is 0. The number of rotatable bonds is 1. The van der Waals surface area contributed by atoms with Crippen molar-refractivity contribution in [3.63, 3.8) is 0 Å². The van der Waals surface area contributed by atoms with Gasteiger partial charge in [-0.1, -0.05) is 11.6 Å². The first-order valence-electron chi connectivity index (χ1n) is 3.37. The van der Waals surface area contributed by atoms with Gasteiger partial charge in [0.15, 0.2) is 6.29 Å². The van der Waals surface area contributed by atoms with Crippen LogP contribution in [0.15, 0.2) is 12.3 Å². The molecule has 0 fully saturated rings. The molecule has 0 spiro atoms. The van der Waals surface area contributed by atoms with E-state index in [2.05, 4.69) is 9.97 Å². The van der Waals surface area contributed by atoms with Crippen LogP contribution in [0.2, 0.25) is 5.15 Å². The van der Waals surface area contributed by atoms with E-state index in [4.69, 9.17) is 11.6 Å². The van der Waals surface area contributed by atoms with Crippen molar-refractivity contribution in [1.82, 2.24) is 14.4 Å². The monoisotopic (exact) mass is 199 g/mol. The second-order valence-electron chi connectivity index (χ2n) is 2.31. The summed E-state index contributed by atoms with van der Waals surface area (Å²) < 4.78 is 14.0. The normalized spacial score (nSPS) is 10.6. The summed E-state index contributed by atoms with van der Waals surface area (Å²) in [7, 11) is 0. The summed E-state index contributed by atoms with van der Waals surface area (Å²) in [5.74, 6) is -0.525. The highest BCUT2D eigenvalue weighted by Crippen LogP contribution is 2.16. The van der Waals surface area contributed by atoms with Gasteiger partial charge in [0.1, 0.15) is 10.8 Å². The quantitative estimate of drug-likeness (QED) is 0.514. The molecule has 0 saturated heterocycles. The standard InChI is InChI=1S/C7H3ClFN3O/c8-6-4(3-13)11-7-10-2-1-5(9)12(6)7/h1-3H. The van der Waals surface area contributed by atoms with E-state index < -0.39 is 5.95 Å². The lowest BCUT2D eigenvalue weighted by atomic mass is 10.5. The van der Waals surface area contributed by atoms with Crippen LogP contribution < -0.4 is 0 Å². The minimum Gasteiger partial charge on any atom is -0.296 e. The van der Waals surface area contributed by atoms with E-state index in [0.29, 0.717) is 6.29 Å². The second kappa shape index (κ2) is 2.77. The van der Waals surface area contributed by atoms with E-state index in [-0.39, 0.29) is 16.6 Å². The fraction of sp³-hybridized carbons (Fsp3) is 0. The summed E-state index contributed by atoms with van der Waals surface area (Å²) in [6, 6.07) is 1.13. The predicted molar refractivity (Wildman–Crippen MR) is 43.3 cm³/mol. The highest BCUT2D eigenvalue weighted by molar-refractivity contribution is 6.32. The van der Waals surface area contributed by atoms with E-state index in [1.165, 1.54) is 6.20 Å². The first kappa shape index (κ1) is 8.12. The lowest BCUT2D eigenvalue weighted by Crippen LogP contribution is -1.93. The first-order valence-corrected chi connectivity index (χ1v) is 3.75. The van der Waals surface area contributed by atoms with Crippen LogP contribution >= 0.6 is 11.6 Å². The van der Waals surface area contributed by atoms with Crippen LogP contribution in [0.5, 0.6) is 0 Å². The van der Waals surface area contributed by atoms with Crippen molar-refractivity contribution in [1.29, 1.82) is 0 Å². The van der Waals surface area contributed by atoms with Crippen molar-refractivity contribution in [3.05, 3.63) is 29.1 Å². The van der Waals surface area contributed by atoms with E-state index in [1.807, 2.05) is 0 Å². The zero-order valence-corrected chi connectivity index (χ0v) is 6.99. The fourth-order valence-electron chi connectivity index (χ4n) is 0.997. The number of carbonyl (C=O) groups excluding carboxylic acids is 1. The molecular weight excluding hydrogens is 197 g/mol. The molecule has 0 aliphatic heterocycles. The largest absolute Gasteiger partial charge is 0.296 e. The van der Waals surface area contributed by atoms with Crippen LogP contribution in [-0.4, -0.2) is 20.7 Å². The third kappa shape index (κ3) is 1.08. The average molecular weight is 200 g/mol. The number of aldehydes is 1. The van der Waals surface area contributed by atoms with Crippen LogP contribution in [-0.2, 0) is 0 Å². The molecule has 6 heteroatoms. The molecule has 2 heterocycles. The molecule has 0 radical (unpaired) electrons. The van der Waals surface area contributed by atoms with Crippen molar-refractivity contribution < 1.29 is 9.18 Å². The number of imidazole rings is 1. The molecule has 0 aromatic carbocycles. The summed E-state index contributed by atoms with van der Waals surface area (Å²) >= 11 is 5.65. The van der Waals surface area contributed by atoms with E-state index in [9.17, 15) is 9.18 Å². The molecular formula is C7H3ClFN3O. The minimum absolute atomic E-state index is 0.0146. The number of aromatic nitrogens is 3. The Balaban J connectivity index is 2.92. The lowest BCUT2D eigenvalue weighted by molar-refractivity contribution is 0.111. The molecule has 4 nitrogen and oxygen atoms in total. The molecule has 0 saturated carbocycles. The summed E-state index contributed by atoms with van der Waals surface area (Å²) in [5.41, 5.74) is -0.0146. The molecule has 0 atom stereocenters. The molecule has 66 valence electrons. The van der Waals surface area contributed by atoms with Crippen LogP contribution in [0, 0.1) is 5.95 Å². The average Bonchev–Trinajstić information content (AvgIpc) is 2.44. The van der Waals surface area contributed by atoms with Crippen molar-refractivity contribution in [2.45, 2.75) is 0 Å². The van der Waals surface area contributed by atoms with Gasteiger partial charge in [0, 0.05) is 12.3 Å². The van der Waals surface area contributed by atoms with Gasteiger partial charge in [-0.2, -0.15) is 4.39 Å². The summed E-state index contributed by atoms with van der Waals surface area (Å²) in [5, 5.41) is -0.0596. The van der Waals surface area contributed by atoms with Crippen LogP contribution in [0.1, 0.15) is 10.5 Å². The maximum Gasteiger partial charge on any atom is 0.237 e. The number of hydrogen-bond acceptors (Lipinski definition) is 3. The summed E-state index contributed by atoms with van der Waals surface area (Å²) in [6.07, 6.45) is 1.71. The Morgan fingerprint density at radius 1 is 1.62 bits per heavy atom. The molecule has 13 heavy (non-hydrogen) atoms. The van der Waals surface area contributed by atoms with Gasteiger partial charge in [-0.25, -0.2) is 14.4 Å². The van der Waals surface area contributed by atoms with Gasteiger partial charge < -0.3 is 0 Å². The number of carbonyl (C=O) groups is 1. The molecule has 0 N–H and O–H groups in total. The SMILES string of the molecule is O=Cc1nc2nccc(F)n2c1Cl. The summed E-state index contributed by atoms with van der Waals surface area (Å²) in [6.45, 7) is 0. The summed E-state index contributed by atoms with van der Waals surface area (Å²) in [4.78, 5) is 17.8. The van der Waals surface area contributed by atoms with E-state index in [1.54, 1.807) is 0 Å². The van der Waals surface area contributed by atoms with E-state index >= 15 is 0 Å². The van der Waals surface area contributed by atoms with Gasteiger partial charge in [0.25, 0.3) is 0 Å². The Bertz CT molecular complexity index is 482. The third-order valence-electron chi connectivity index (χ3n) is 1.56. The van der Waals surface area contributed by atoms with Crippen molar-refractivity contribution in [2.24, 2.45) is 0 Å². The molecule has 0 bridgehead atoms. The number of halogens is 2. The molecule has 0 aliphatic rings. The maximum atomic E-state index is 13.1. The molecule has 2 aromatic rings. The zero-order chi connectivity index (χ0) is 9.42. The van der Waals surface area contributed by atoms with Crippen molar-refractivity contribution >= 4 is 23.7 Å². The zero-order valence-electron chi connectivity index (χ0n) is 6.24. The van der Waals surface area contributed by atoms with Gasteiger partial charge in [-0.3, -0.25) is 4.79 Å². The molecule has 0 aliphatic carbocycles. The third-order valence-corrected chi connectivity index (χ3v) is 1.92. The minimum atomic E-state index is -0.601. The van der Waals surface area contributed by atoms with Gasteiger partial charge in [-0.05, 0) is 0 Å². The van der Waals surface area contributed by atoms with E-state index in [0.717, 1.165) is 10.5 Å².